The Morgan fingerprint density at radius 1 is 1.24 bits per heavy atom. The summed E-state index contributed by atoms with van der Waals surface area (Å²) in [5.41, 5.74) is 1.57. The van der Waals surface area contributed by atoms with Crippen LogP contribution in [0.15, 0.2) is 41.2 Å². The fourth-order valence-corrected chi connectivity index (χ4v) is 1.62. The number of rotatable bonds is 3. The molecule has 4 heteroatoms. The van der Waals surface area contributed by atoms with Gasteiger partial charge in [-0.25, -0.2) is 0 Å². The first-order valence-electron chi connectivity index (χ1n) is 5.07. The molecule has 1 aromatic heterocycles. The van der Waals surface area contributed by atoms with Gasteiger partial charge in [-0.3, -0.25) is 9.59 Å². The largest absolute Gasteiger partial charge is 0.497 e. The summed E-state index contributed by atoms with van der Waals surface area (Å²) in [7, 11) is 1.54. The van der Waals surface area contributed by atoms with Crippen LogP contribution < -0.4 is 10.3 Å². The topological polar surface area (TPSA) is 59.2 Å². The molecule has 0 spiro atoms. The maximum atomic E-state index is 11.2. The molecule has 0 amide bonds. The van der Waals surface area contributed by atoms with Gasteiger partial charge in [0.25, 0.3) is 0 Å². The molecular weight excluding hydrogens is 218 g/mol. The van der Waals surface area contributed by atoms with Crippen molar-refractivity contribution in [2.45, 2.75) is 0 Å². The predicted octanol–water partition coefficient (Wildman–Crippen LogP) is 1.86. The monoisotopic (exact) mass is 229 g/mol. The van der Waals surface area contributed by atoms with Gasteiger partial charge in [-0.15, -0.1) is 0 Å². The molecule has 1 N–H and O–H groups in total. The van der Waals surface area contributed by atoms with Crippen molar-refractivity contribution < 1.29 is 9.53 Å². The SMILES string of the molecule is COc1ccc(-c2cccc(=O)[nH]2)c(C=O)c1. The predicted molar refractivity (Wildman–Crippen MR) is 64.4 cm³/mol. The quantitative estimate of drug-likeness (QED) is 0.817. The molecule has 0 radical (unpaired) electrons. The van der Waals surface area contributed by atoms with Gasteiger partial charge in [-0.1, -0.05) is 6.07 Å². The number of aromatic amines is 1. The maximum Gasteiger partial charge on any atom is 0.248 e. The van der Waals surface area contributed by atoms with E-state index >= 15 is 0 Å². The first-order chi connectivity index (χ1) is 8.24. The summed E-state index contributed by atoms with van der Waals surface area (Å²) in [5.74, 6) is 0.606. The van der Waals surface area contributed by atoms with E-state index in [0.29, 0.717) is 22.6 Å². The van der Waals surface area contributed by atoms with Gasteiger partial charge in [0.05, 0.1) is 7.11 Å². The van der Waals surface area contributed by atoms with Crippen LogP contribution >= 0.6 is 0 Å². The fraction of sp³-hybridized carbons (Fsp3) is 0.0769. The number of aromatic nitrogens is 1. The second-order valence-corrected chi connectivity index (χ2v) is 3.50. The highest BCUT2D eigenvalue weighted by Gasteiger charge is 2.06. The smallest absolute Gasteiger partial charge is 0.248 e. The average molecular weight is 229 g/mol. The molecule has 1 aromatic carbocycles. The van der Waals surface area contributed by atoms with Gasteiger partial charge in [0.2, 0.25) is 5.56 Å². The van der Waals surface area contributed by atoms with Gasteiger partial charge < -0.3 is 9.72 Å². The first kappa shape index (κ1) is 11.1. The molecular formula is C13H11NO3. The number of ether oxygens (including phenoxy) is 1. The third-order valence-corrected chi connectivity index (χ3v) is 2.44. The third-order valence-electron chi connectivity index (χ3n) is 2.44. The van der Waals surface area contributed by atoms with E-state index in [-0.39, 0.29) is 5.56 Å². The van der Waals surface area contributed by atoms with E-state index in [2.05, 4.69) is 4.98 Å². The van der Waals surface area contributed by atoms with Gasteiger partial charge in [-0.2, -0.15) is 0 Å². The molecule has 86 valence electrons. The Balaban J connectivity index is 2.59. The van der Waals surface area contributed by atoms with Crippen LogP contribution in [-0.4, -0.2) is 18.4 Å². The number of pyridine rings is 1. The Morgan fingerprint density at radius 2 is 2.06 bits per heavy atom. The second-order valence-electron chi connectivity index (χ2n) is 3.50. The number of H-pyrrole nitrogens is 1. The van der Waals surface area contributed by atoms with Gasteiger partial charge in [-0.05, 0) is 24.3 Å². The lowest BCUT2D eigenvalue weighted by Crippen LogP contribution is -2.04. The maximum absolute atomic E-state index is 11.2. The van der Waals surface area contributed by atoms with Crippen molar-refractivity contribution in [2.24, 2.45) is 0 Å². The zero-order valence-corrected chi connectivity index (χ0v) is 9.27. The van der Waals surface area contributed by atoms with Crippen LogP contribution in [0.4, 0.5) is 0 Å². The highest BCUT2D eigenvalue weighted by Crippen LogP contribution is 2.24. The van der Waals surface area contributed by atoms with Crippen LogP contribution in [0.5, 0.6) is 5.75 Å². The van der Waals surface area contributed by atoms with E-state index in [0.717, 1.165) is 6.29 Å². The standard InChI is InChI=1S/C13H11NO3/c1-17-10-5-6-11(9(7-10)8-15)12-3-2-4-13(16)14-12/h2-8H,1H3,(H,14,16). The first-order valence-corrected chi connectivity index (χ1v) is 5.07. The molecule has 2 rings (SSSR count). The number of carbonyl (C=O) groups excluding carboxylic acids is 1. The van der Waals surface area contributed by atoms with Gasteiger partial charge >= 0.3 is 0 Å². The van der Waals surface area contributed by atoms with E-state index in [1.165, 1.54) is 13.2 Å². The lowest BCUT2D eigenvalue weighted by molar-refractivity contribution is 0.112. The number of aldehydes is 1. The van der Waals surface area contributed by atoms with Gasteiger partial charge in [0.15, 0.2) is 6.29 Å². The van der Waals surface area contributed by atoms with Crippen molar-refractivity contribution in [3.63, 3.8) is 0 Å². The number of hydrogen-bond acceptors (Lipinski definition) is 3. The summed E-state index contributed by atoms with van der Waals surface area (Å²) >= 11 is 0. The molecule has 0 unspecified atom stereocenters. The number of nitrogens with one attached hydrogen (secondary N) is 1. The fourth-order valence-electron chi connectivity index (χ4n) is 1.62. The Kier molecular flexibility index (Phi) is 3.05. The molecule has 17 heavy (non-hydrogen) atoms. The zero-order chi connectivity index (χ0) is 12.3. The number of benzene rings is 1. The number of hydrogen-bond donors (Lipinski definition) is 1. The summed E-state index contributed by atoms with van der Waals surface area (Å²) < 4.78 is 5.04. The van der Waals surface area contributed by atoms with E-state index in [1.807, 2.05) is 0 Å². The minimum absolute atomic E-state index is 0.199. The molecule has 0 aliphatic rings. The summed E-state index contributed by atoms with van der Waals surface area (Å²) in [6.45, 7) is 0. The van der Waals surface area contributed by atoms with Crippen molar-refractivity contribution in [3.8, 4) is 17.0 Å². The van der Waals surface area contributed by atoms with Crippen LogP contribution in [0.25, 0.3) is 11.3 Å². The molecule has 0 fully saturated rings. The summed E-state index contributed by atoms with van der Waals surface area (Å²) in [5, 5.41) is 0. The Bertz CT molecular complexity index is 602. The highest BCUT2D eigenvalue weighted by molar-refractivity contribution is 5.87. The zero-order valence-electron chi connectivity index (χ0n) is 9.27. The molecule has 4 nitrogen and oxygen atoms in total. The van der Waals surface area contributed by atoms with Crippen LogP contribution in [0.1, 0.15) is 10.4 Å². The molecule has 0 saturated carbocycles. The number of methoxy groups -OCH3 is 1. The van der Waals surface area contributed by atoms with Crippen molar-refractivity contribution >= 4 is 6.29 Å². The summed E-state index contributed by atoms with van der Waals surface area (Å²) in [6, 6.07) is 9.94. The molecule has 0 atom stereocenters. The Morgan fingerprint density at radius 3 is 2.71 bits per heavy atom. The van der Waals surface area contributed by atoms with Crippen molar-refractivity contribution in [3.05, 3.63) is 52.3 Å². The molecule has 2 aromatic rings. The minimum atomic E-state index is -0.199. The number of carbonyl (C=O) groups is 1. The molecule has 0 saturated heterocycles. The van der Waals surface area contributed by atoms with E-state index in [4.69, 9.17) is 4.74 Å². The van der Waals surface area contributed by atoms with Crippen LogP contribution in [0.2, 0.25) is 0 Å². The van der Waals surface area contributed by atoms with Crippen molar-refractivity contribution in [2.75, 3.05) is 7.11 Å². The normalized spacial score (nSPS) is 9.94. The van der Waals surface area contributed by atoms with Crippen LogP contribution in [0, 0.1) is 0 Å². The molecule has 0 aliphatic carbocycles. The van der Waals surface area contributed by atoms with Crippen LogP contribution in [-0.2, 0) is 0 Å². The Labute approximate surface area is 97.9 Å². The van der Waals surface area contributed by atoms with E-state index in [1.54, 1.807) is 30.3 Å². The average Bonchev–Trinajstić information content (AvgIpc) is 2.38. The minimum Gasteiger partial charge on any atom is -0.497 e. The van der Waals surface area contributed by atoms with Crippen LogP contribution in [0.3, 0.4) is 0 Å². The van der Waals surface area contributed by atoms with E-state index in [9.17, 15) is 9.59 Å². The molecule has 0 aliphatic heterocycles. The molecule has 0 bridgehead atoms. The lowest BCUT2D eigenvalue weighted by atomic mass is 10.0. The lowest BCUT2D eigenvalue weighted by Gasteiger charge is -2.06. The van der Waals surface area contributed by atoms with Crippen molar-refractivity contribution in [1.82, 2.24) is 4.98 Å². The summed E-state index contributed by atoms with van der Waals surface area (Å²) in [4.78, 5) is 24.9. The third kappa shape index (κ3) is 2.25. The van der Waals surface area contributed by atoms with E-state index < -0.39 is 0 Å². The Hall–Kier alpha value is -2.36. The van der Waals surface area contributed by atoms with Crippen molar-refractivity contribution in [1.29, 1.82) is 0 Å². The highest BCUT2D eigenvalue weighted by atomic mass is 16.5. The molecule has 1 heterocycles. The second kappa shape index (κ2) is 4.65. The summed E-state index contributed by atoms with van der Waals surface area (Å²) in [6.07, 6.45) is 0.739. The van der Waals surface area contributed by atoms with Gasteiger partial charge in [0.1, 0.15) is 5.75 Å². The van der Waals surface area contributed by atoms with Gasteiger partial charge in [0, 0.05) is 22.9 Å².